The fraction of sp³-hybridized carbons (Fsp3) is 0.200. The molecule has 6 nitrogen and oxygen atoms in total. The lowest BCUT2D eigenvalue weighted by Crippen LogP contribution is -2.16. The van der Waals surface area contributed by atoms with Crippen molar-refractivity contribution in [3.8, 4) is 28.6 Å². The average Bonchev–Trinajstić information content (AvgIpc) is 3.33. The third-order valence-corrected chi connectivity index (χ3v) is 5.98. The van der Waals surface area contributed by atoms with E-state index in [-0.39, 0.29) is 29.3 Å². The van der Waals surface area contributed by atoms with Gasteiger partial charge < -0.3 is 18.6 Å². The lowest BCUT2D eigenvalue weighted by atomic mass is 10.0. The molecule has 0 atom stereocenters. The zero-order valence-corrected chi connectivity index (χ0v) is 19.0. The van der Waals surface area contributed by atoms with Crippen LogP contribution in [0.25, 0.3) is 22.3 Å². The molecule has 0 unspecified atom stereocenters. The van der Waals surface area contributed by atoms with Crippen LogP contribution in [-0.4, -0.2) is 26.6 Å². The van der Waals surface area contributed by atoms with Crippen molar-refractivity contribution in [2.45, 2.75) is 13.8 Å². The summed E-state index contributed by atoms with van der Waals surface area (Å²) in [5.74, 6) is 1.03. The summed E-state index contributed by atoms with van der Waals surface area (Å²) < 4.78 is 22.7. The first kappa shape index (κ1) is 21.6. The van der Waals surface area contributed by atoms with Gasteiger partial charge in [0.15, 0.2) is 23.9 Å². The minimum absolute atomic E-state index is 0.0142. The Morgan fingerprint density at radius 1 is 1.03 bits per heavy atom. The van der Waals surface area contributed by atoms with Gasteiger partial charge in [-0.05, 0) is 60.7 Å². The molecule has 164 valence electrons. The van der Waals surface area contributed by atoms with E-state index in [1.807, 2.05) is 25.3 Å². The highest BCUT2D eigenvalue weighted by atomic mass is 32.1. The minimum Gasteiger partial charge on any atom is -0.493 e. The zero-order valence-electron chi connectivity index (χ0n) is 18.2. The van der Waals surface area contributed by atoms with Crippen LogP contribution >= 0.6 is 11.3 Å². The van der Waals surface area contributed by atoms with Gasteiger partial charge in [-0.25, -0.2) is 0 Å². The van der Waals surface area contributed by atoms with Crippen LogP contribution in [0.1, 0.15) is 20.8 Å². The Kier molecular flexibility index (Phi) is 6.01. The van der Waals surface area contributed by atoms with Crippen molar-refractivity contribution < 1.29 is 23.4 Å². The Morgan fingerprint density at radius 3 is 2.50 bits per heavy atom. The number of benzene rings is 2. The van der Waals surface area contributed by atoms with Gasteiger partial charge in [0, 0.05) is 5.56 Å². The summed E-state index contributed by atoms with van der Waals surface area (Å²) in [7, 11) is 3.08. The number of fused-ring (bicyclic) bond motifs is 1. The molecular weight excluding hydrogens is 428 g/mol. The first-order valence-electron chi connectivity index (χ1n) is 9.93. The smallest absolute Gasteiger partial charge is 0.235 e. The van der Waals surface area contributed by atoms with Gasteiger partial charge >= 0.3 is 0 Å². The van der Waals surface area contributed by atoms with Crippen molar-refractivity contribution >= 4 is 28.1 Å². The van der Waals surface area contributed by atoms with Gasteiger partial charge in [-0.15, -0.1) is 11.3 Å². The van der Waals surface area contributed by atoms with E-state index in [1.54, 1.807) is 43.5 Å². The molecule has 0 amide bonds. The molecule has 0 saturated heterocycles. The summed E-state index contributed by atoms with van der Waals surface area (Å²) in [6, 6.07) is 12.4. The molecule has 0 spiro atoms. The molecular formula is C25H22O6S. The normalized spacial score (nSPS) is 10.9. The molecule has 32 heavy (non-hydrogen) atoms. The number of rotatable bonds is 7. The van der Waals surface area contributed by atoms with Crippen LogP contribution < -0.4 is 19.6 Å². The van der Waals surface area contributed by atoms with Gasteiger partial charge in [0.1, 0.15) is 5.58 Å². The van der Waals surface area contributed by atoms with Gasteiger partial charge in [0.2, 0.25) is 17.0 Å². The monoisotopic (exact) mass is 450 g/mol. The maximum atomic E-state index is 13.5. The highest BCUT2D eigenvalue weighted by Crippen LogP contribution is 2.37. The molecule has 4 rings (SSSR count). The van der Waals surface area contributed by atoms with E-state index in [9.17, 15) is 9.59 Å². The van der Waals surface area contributed by atoms with E-state index >= 15 is 0 Å². The number of hydrogen-bond donors (Lipinski definition) is 0. The molecule has 0 fully saturated rings. The van der Waals surface area contributed by atoms with Gasteiger partial charge in [-0.1, -0.05) is 12.1 Å². The first-order chi connectivity index (χ1) is 15.4. The summed E-state index contributed by atoms with van der Waals surface area (Å²) in [6.45, 7) is 3.52. The topological polar surface area (TPSA) is 75.0 Å². The second-order valence-corrected chi connectivity index (χ2v) is 8.25. The highest BCUT2D eigenvalue weighted by Gasteiger charge is 2.22. The van der Waals surface area contributed by atoms with E-state index in [2.05, 4.69) is 0 Å². The van der Waals surface area contributed by atoms with Crippen LogP contribution in [0.3, 0.4) is 0 Å². The summed E-state index contributed by atoms with van der Waals surface area (Å²) in [4.78, 5) is 26.5. The maximum Gasteiger partial charge on any atom is 0.235 e. The molecule has 0 saturated carbocycles. The van der Waals surface area contributed by atoms with E-state index in [4.69, 9.17) is 18.6 Å². The van der Waals surface area contributed by atoms with E-state index in [1.165, 1.54) is 18.4 Å². The second kappa shape index (κ2) is 8.88. The van der Waals surface area contributed by atoms with Crippen molar-refractivity contribution in [3.63, 3.8) is 0 Å². The van der Waals surface area contributed by atoms with Crippen LogP contribution in [0.2, 0.25) is 0 Å². The highest BCUT2D eigenvalue weighted by molar-refractivity contribution is 7.12. The molecule has 2 heterocycles. The molecule has 0 aliphatic rings. The number of aryl methyl sites for hydroxylation is 2. The maximum absolute atomic E-state index is 13.5. The average molecular weight is 451 g/mol. The number of ether oxygens (including phenoxy) is 3. The fourth-order valence-corrected chi connectivity index (χ4v) is 4.23. The summed E-state index contributed by atoms with van der Waals surface area (Å²) >= 11 is 1.32. The SMILES string of the molecule is COc1ccc(-c2oc3c(C)cc(C)cc3c(=O)c2OCC(=O)c2cccs2)cc1OC. The number of carbonyl (C=O) groups excluding carboxylic acids is 1. The number of Topliss-reactive ketones (excluding diaryl/α,β-unsaturated/α-hetero) is 1. The van der Waals surface area contributed by atoms with Crippen molar-refractivity contribution in [2.24, 2.45) is 0 Å². The Balaban J connectivity index is 1.89. The predicted molar refractivity (Wildman–Crippen MR) is 125 cm³/mol. The van der Waals surface area contributed by atoms with Crippen molar-refractivity contribution in [3.05, 3.63) is 74.1 Å². The number of methoxy groups -OCH3 is 2. The van der Waals surface area contributed by atoms with Gasteiger partial charge in [-0.2, -0.15) is 0 Å². The largest absolute Gasteiger partial charge is 0.493 e. The molecule has 2 aromatic carbocycles. The summed E-state index contributed by atoms with van der Waals surface area (Å²) in [6.07, 6.45) is 0. The number of carbonyl (C=O) groups is 1. The van der Waals surface area contributed by atoms with Gasteiger partial charge in [0.05, 0.1) is 24.5 Å². The van der Waals surface area contributed by atoms with Crippen LogP contribution in [0, 0.1) is 13.8 Å². The lowest BCUT2D eigenvalue weighted by molar-refractivity contribution is 0.0924. The van der Waals surface area contributed by atoms with E-state index in [0.29, 0.717) is 32.9 Å². The zero-order chi connectivity index (χ0) is 22.8. The Bertz CT molecular complexity index is 1350. The van der Waals surface area contributed by atoms with E-state index in [0.717, 1.165) is 11.1 Å². The van der Waals surface area contributed by atoms with Crippen LogP contribution in [0.4, 0.5) is 0 Å². The number of ketones is 1. The number of thiophene rings is 1. The third-order valence-electron chi connectivity index (χ3n) is 5.07. The Morgan fingerprint density at radius 2 is 1.81 bits per heavy atom. The Hall–Kier alpha value is -3.58. The molecule has 0 bridgehead atoms. The van der Waals surface area contributed by atoms with Crippen LogP contribution in [0.5, 0.6) is 17.2 Å². The van der Waals surface area contributed by atoms with Gasteiger partial charge in [0.25, 0.3) is 0 Å². The summed E-state index contributed by atoms with van der Waals surface area (Å²) in [5.41, 5.74) is 2.48. The van der Waals surface area contributed by atoms with Crippen molar-refractivity contribution in [2.75, 3.05) is 20.8 Å². The van der Waals surface area contributed by atoms with Gasteiger partial charge in [-0.3, -0.25) is 9.59 Å². The molecule has 7 heteroatoms. The Labute approximate surface area is 189 Å². The van der Waals surface area contributed by atoms with Crippen LogP contribution in [-0.2, 0) is 0 Å². The van der Waals surface area contributed by atoms with Crippen LogP contribution in [0.15, 0.2) is 57.1 Å². The van der Waals surface area contributed by atoms with Crippen molar-refractivity contribution in [1.29, 1.82) is 0 Å². The second-order valence-electron chi connectivity index (χ2n) is 7.31. The molecule has 4 aromatic rings. The fourth-order valence-electron chi connectivity index (χ4n) is 3.58. The standard InChI is InChI=1S/C25H22O6S/c1-14-10-15(2)23-17(11-14)22(27)25(30-13-18(26)21-6-5-9-32-21)24(31-23)16-7-8-19(28-3)20(12-16)29-4/h5-12H,13H2,1-4H3. The third kappa shape index (κ3) is 3.99. The summed E-state index contributed by atoms with van der Waals surface area (Å²) in [5, 5.41) is 2.23. The van der Waals surface area contributed by atoms with E-state index < -0.39 is 0 Å². The number of hydrogen-bond acceptors (Lipinski definition) is 7. The molecule has 0 aliphatic carbocycles. The minimum atomic E-state index is -0.332. The molecule has 0 radical (unpaired) electrons. The molecule has 2 aromatic heterocycles. The molecule has 0 N–H and O–H groups in total. The quantitative estimate of drug-likeness (QED) is 0.350. The van der Waals surface area contributed by atoms with Crippen molar-refractivity contribution in [1.82, 2.24) is 0 Å². The lowest BCUT2D eigenvalue weighted by Gasteiger charge is -2.14. The first-order valence-corrected chi connectivity index (χ1v) is 10.8. The predicted octanol–water partition coefficient (Wildman–Crippen LogP) is 5.42. The molecule has 0 aliphatic heterocycles.